The number of rotatable bonds is 1. The molecule has 0 spiro atoms. The molecule has 0 saturated heterocycles. The van der Waals surface area contributed by atoms with Crippen LogP contribution in [0.15, 0.2) is 23.8 Å². The average Bonchev–Trinajstić information content (AvgIpc) is 2.80. The normalized spacial score (nSPS) is 51.4. The van der Waals surface area contributed by atoms with Crippen molar-refractivity contribution in [1.29, 1.82) is 0 Å². The molecule has 4 aliphatic rings. The molecule has 0 aromatic carbocycles. The first kappa shape index (κ1) is 17.0. The number of aliphatic hydroxyl groups is 2. The van der Waals surface area contributed by atoms with Gasteiger partial charge in [0.15, 0.2) is 11.4 Å². The van der Waals surface area contributed by atoms with E-state index >= 15 is 0 Å². The van der Waals surface area contributed by atoms with Gasteiger partial charge in [0.25, 0.3) is 0 Å². The highest BCUT2D eigenvalue weighted by Gasteiger charge is 2.68. The van der Waals surface area contributed by atoms with Crippen molar-refractivity contribution in [3.05, 3.63) is 23.8 Å². The maximum atomic E-state index is 11.8. The SMILES string of the molecule is C[C@]12C=CC(=O)C=C1CC[C@H]1C3CC[C@](O)(C(=O)O)[C@@]3(C)C[C@H](O)[C@@H]12. The van der Waals surface area contributed by atoms with E-state index in [4.69, 9.17) is 0 Å². The molecule has 3 fully saturated rings. The van der Waals surface area contributed by atoms with E-state index in [9.17, 15) is 24.9 Å². The molecule has 3 saturated carbocycles. The summed E-state index contributed by atoms with van der Waals surface area (Å²) in [5, 5.41) is 31.6. The van der Waals surface area contributed by atoms with Crippen LogP contribution in [0.4, 0.5) is 0 Å². The van der Waals surface area contributed by atoms with Gasteiger partial charge in [-0.25, -0.2) is 4.79 Å². The van der Waals surface area contributed by atoms with Gasteiger partial charge >= 0.3 is 5.97 Å². The number of aliphatic carboxylic acids is 1. The average molecular weight is 346 g/mol. The zero-order valence-corrected chi connectivity index (χ0v) is 14.7. The minimum absolute atomic E-state index is 0.00202. The topological polar surface area (TPSA) is 94.8 Å². The third-order valence-corrected chi connectivity index (χ3v) is 8.00. The summed E-state index contributed by atoms with van der Waals surface area (Å²) in [6.45, 7) is 3.93. The van der Waals surface area contributed by atoms with Crippen LogP contribution < -0.4 is 0 Å². The summed E-state index contributed by atoms with van der Waals surface area (Å²) in [5.74, 6) is -0.976. The highest BCUT2D eigenvalue weighted by Crippen LogP contribution is 2.66. The summed E-state index contributed by atoms with van der Waals surface area (Å²) in [6, 6.07) is 0. The summed E-state index contributed by atoms with van der Waals surface area (Å²) in [7, 11) is 0. The summed E-state index contributed by atoms with van der Waals surface area (Å²) >= 11 is 0. The quantitative estimate of drug-likeness (QED) is 0.676. The molecule has 0 bridgehead atoms. The minimum Gasteiger partial charge on any atom is -0.479 e. The Morgan fingerprint density at radius 2 is 2.00 bits per heavy atom. The molecule has 0 aromatic heterocycles. The number of ketones is 1. The van der Waals surface area contributed by atoms with E-state index in [-0.39, 0.29) is 41.8 Å². The third-order valence-electron chi connectivity index (χ3n) is 8.00. The van der Waals surface area contributed by atoms with Crippen LogP contribution in [0.5, 0.6) is 0 Å². The molecule has 136 valence electrons. The van der Waals surface area contributed by atoms with Gasteiger partial charge in [-0.1, -0.05) is 25.5 Å². The highest BCUT2D eigenvalue weighted by molar-refractivity contribution is 6.01. The van der Waals surface area contributed by atoms with Crippen molar-refractivity contribution in [3.63, 3.8) is 0 Å². The molecule has 7 atom stereocenters. The summed E-state index contributed by atoms with van der Waals surface area (Å²) in [5.41, 5.74) is -1.86. The fourth-order valence-electron chi connectivity index (χ4n) is 6.68. The molecule has 5 nitrogen and oxygen atoms in total. The number of hydrogen-bond donors (Lipinski definition) is 3. The second-order valence-corrected chi connectivity index (χ2v) is 8.92. The van der Waals surface area contributed by atoms with Crippen molar-refractivity contribution in [2.24, 2.45) is 28.6 Å². The van der Waals surface area contributed by atoms with E-state index in [0.717, 1.165) is 18.4 Å². The van der Waals surface area contributed by atoms with Crippen LogP contribution in [0.3, 0.4) is 0 Å². The standard InChI is InChI=1S/C20H26O5/c1-18-7-5-12(21)9-11(18)3-4-13-14-6-8-20(25,17(23)24)19(14,2)10-15(22)16(13)18/h5,7,9,13-16,22,25H,3-4,6,8,10H2,1-2H3,(H,23,24)/t13-,14?,15-,16+,18-,19-,20-/m0/s1. The molecule has 5 heteroatoms. The van der Waals surface area contributed by atoms with Crippen molar-refractivity contribution in [3.8, 4) is 0 Å². The van der Waals surface area contributed by atoms with E-state index in [2.05, 4.69) is 6.92 Å². The number of carboxylic acids is 1. The van der Waals surface area contributed by atoms with Crippen LogP contribution in [-0.4, -0.2) is 38.8 Å². The van der Waals surface area contributed by atoms with Gasteiger partial charge in [0.1, 0.15) is 0 Å². The van der Waals surface area contributed by atoms with E-state index in [1.165, 1.54) is 0 Å². The molecule has 0 radical (unpaired) electrons. The van der Waals surface area contributed by atoms with Crippen molar-refractivity contribution in [2.45, 2.75) is 57.7 Å². The van der Waals surface area contributed by atoms with Crippen LogP contribution in [0, 0.1) is 28.6 Å². The fraction of sp³-hybridized carbons (Fsp3) is 0.700. The second kappa shape index (κ2) is 5.04. The Labute approximate surface area is 147 Å². The molecule has 0 aromatic rings. The third kappa shape index (κ3) is 1.97. The predicted molar refractivity (Wildman–Crippen MR) is 90.6 cm³/mol. The van der Waals surface area contributed by atoms with Gasteiger partial charge in [0.05, 0.1) is 6.10 Å². The smallest absolute Gasteiger partial charge is 0.336 e. The minimum atomic E-state index is -1.76. The molecule has 1 unspecified atom stereocenters. The van der Waals surface area contributed by atoms with Crippen LogP contribution in [0.2, 0.25) is 0 Å². The van der Waals surface area contributed by atoms with Gasteiger partial charge in [0, 0.05) is 16.7 Å². The largest absolute Gasteiger partial charge is 0.479 e. The van der Waals surface area contributed by atoms with E-state index in [0.29, 0.717) is 6.42 Å². The maximum absolute atomic E-state index is 11.8. The zero-order valence-electron chi connectivity index (χ0n) is 14.7. The Balaban J connectivity index is 1.76. The lowest BCUT2D eigenvalue weighted by Gasteiger charge is -2.59. The lowest BCUT2D eigenvalue weighted by molar-refractivity contribution is -0.192. The number of carbonyl (C=O) groups excluding carboxylic acids is 1. The Morgan fingerprint density at radius 1 is 1.28 bits per heavy atom. The molecular weight excluding hydrogens is 320 g/mol. The monoisotopic (exact) mass is 346 g/mol. The van der Waals surface area contributed by atoms with Crippen LogP contribution in [0.1, 0.15) is 46.0 Å². The van der Waals surface area contributed by atoms with Gasteiger partial charge in [0.2, 0.25) is 0 Å². The Kier molecular flexibility index (Phi) is 3.42. The number of hydrogen-bond acceptors (Lipinski definition) is 4. The number of fused-ring (bicyclic) bond motifs is 5. The molecule has 0 aliphatic heterocycles. The molecule has 25 heavy (non-hydrogen) atoms. The second-order valence-electron chi connectivity index (χ2n) is 8.92. The Bertz CT molecular complexity index is 709. The van der Waals surface area contributed by atoms with Crippen LogP contribution in [0.25, 0.3) is 0 Å². The molecule has 3 N–H and O–H groups in total. The van der Waals surface area contributed by atoms with E-state index < -0.39 is 23.1 Å². The first-order chi connectivity index (χ1) is 11.6. The Hall–Kier alpha value is -1.46. The highest BCUT2D eigenvalue weighted by atomic mass is 16.4. The number of carboxylic acid groups (broad SMARTS) is 1. The zero-order chi connectivity index (χ0) is 18.2. The first-order valence-corrected chi connectivity index (χ1v) is 9.21. The van der Waals surface area contributed by atoms with E-state index in [1.807, 2.05) is 13.0 Å². The van der Waals surface area contributed by atoms with Crippen molar-refractivity contribution < 1.29 is 24.9 Å². The maximum Gasteiger partial charge on any atom is 0.336 e. The van der Waals surface area contributed by atoms with Crippen molar-refractivity contribution in [2.75, 3.05) is 0 Å². The number of allylic oxidation sites excluding steroid dienone is 4. The molecule has 4 rings (SSSR count). The van der Waals surface area contributed by atoms with Crippen LogP contribution in [-0.2, 0) is 9.59 Å². The molecule has 4 aliphatic carbocycles. The van der Waals surface area contributed by atoms with Crippen molar-refractivity contribution in [1.82, 2.24) is 0 Å². The van der Waals surface area contributed by atoms with Gasteiger partial charge in [-0.3, -0.25) is 4.79 Å². The summed E-state index contributed by atoms with van der Waals surface area (Å²) in [6.07, 6.45) is 7.37. The van der Waals surface area contributed by atoms with E-state index in [1.54, 1.807) is 12.2 Å². The number of aliphatic hydroxyl groups excluding tert-OH is 1. The van der Waals surface area contributed by atoms with Crippen molar-refractivity contribution >= 4 is 11.8 Å². The predicted octanol–water partition coefficient (Wildman–Crippen LogP) is 2.08. The lowest BCUT2D eigenvalue weighted by atomic mass is 9.46. The summed E-state index contributed by atoms with van der Waals surface area (Å²) in [4.78, 5) is 23.6. The number of carbonyl (C=O) groups is 2. The molecule has 0 heterocycles. The van der Waals surface area contributed by atoms with Gasteiger partial charge < -0.3 is 15.3 Å². The van der Waals surface area contributed by atoms with Crippen LogP contribution >= 0.6 is 0 Å². The molecular formula is C20H26O5. The van der Waals surface area contributed by atoms with Gasteiger partial charge in [-0.2, -0.15) is 0 Å². The Morgan fingerprint density at radius 3 is 2.68 bits per heavy atom. The van der Waals surface area contributed by atoms with Gasteiger partial charge in [-0.05, 0) is 56.1 Å². The summed E-state index contributed by atoms with van der Waals surface area (Å²) < 4.78 is 0. The van der Waals surface area contributed by atoms with Gasteiger partial charge in [-0.15, -0.1) is 0 Å². The first-order valence-electron chi connectivity index (χ1n) is 9.21. The lowest BCUT2D eigenvalue weighted by Crippen LogP contribution is -2.61. The fourth-order valence-corrected chi connectivity index (χ4v) is 6.68. The molecule has 0 amide bonds.